The van der Waals surface area contributed by atoms with Crippen LogP contribution in [0.3, 0.4) is 0 Å². The zero-order valence-corrected chi connectivity index (χ0v) is 15.6. The average Bonchev–Trinajstić information content (AvgIpc) is 2.65. The summed E-state index contributed by atoms with van der Waals surface area (Å²) in [4.78, 5) is 12.4. The fourth-order valence-corrected chi connectivity index (χ4v) is 4.47. The first-order valence-electron chi connectivity index (χ1n) is 8.64. The maximum Gasteiger partial charge on any atom is 0.255 e. The Morgan fingerprint density at radius 3 is 2.44 bits per heavy atom. The summed E-state index contributed by atoms with van der Waals surface area (Å²) in [6.45, 7) is 3.00. The van der Waals surface area contributed by atoms with Gasteiger partial charge in [0.25, 0.3) is 5.91 Å². The number of anilines is 1. The van der Waals surface area contributed by atoms with E-state index in [4.69, 9.17) is 0 Å². The summed E-state index contributed by atoms with van der Waals surface area (Å²) in [5.41, 5.74) is 0.198. The van der Waals surface area contributed by atoms with Crippen LogP contribution < -0.4 is 5.32 Å². The van der Waals surface area contributed by atoms with Crippen LogP contribution in [0, 0.1) is 17.6 Å². The number of nitrogens with zero attached hydrogens (tertiary/aromatic N) is 1. The highest BCUT2D eigenvalue weighted by Gasteiger charge is 2.28. The first kappa shape index (κ1) is 19.4. The summed E-state index contributed by atoms with van der Waals surface area (Å²) in [7, 11) is -3.68. The number of halogens is 2. The van der Waals surface area contributed by atoms with E-state index >= 15 is 0 Å². The van der Waals surface area contributed by atoms with Crippen LogP contribution in [-0.2, 0) is 10.0 Å². The molecule has 0 radical (unpaired) electrons. The standard InChI is InChI=1S/C19H20F2N2O3S/c1-13-7-9-23(10-8-13)27(25,26)16-4-2-3-14(11-16)19(24)22-15-5-6-17(20)18(21)12-15/h2-6,11-13H,7-10H2,1H3,(H,22,24). The molecular weight excluding hydrogens is 374 g/mol. The SMILES string of the molecule is CC1CCN(S(=O)(=O)c2cccc(C(=O)Nc3ccc(F)c(F)c3)c2)CC1. The van der Waals surface area contributed by atoms with E-state index in [0.717, 1.165) is 25.0 Å². The van der Waals surface area contributed by atoms with E-state index < -0.39 is 27.6 Å². The van der Waals surface area contributed by atoms with Crippen molar-refractivity contribution in [1.82, 2.24) is 4.31 Å². The third-order valence-corrected chi connectivity index (χ3v) is 6.55. The van der Waals surface area contributed by atoms with Crippen molar-refractivity contribution in [3.05, 3.63) is 59.7 Å². The minimum atomic E-state index is -3.68. The molecular formula is C19H20F2N2O3S. The van der Waals surface area contributed by atoms with Crippen molar-refractivity contribution in [2.75, 3.05) is 18.4 Å². The van der Waals surface area contributed by atoms with Crippen molar-refractivity contribution in [3.8, 4) is 0 Å². The molecule has 0 aliphatic carbocycles. The highest BCUT2D eigenvalue weighted by Crippen LogP contribution is 2.24. The Morgan fingerprint density at radius 2 is 1.78 bits per heavy atom. The Morgan fingerprint density at radius 1 is 1.07 bits per heavy atom. The molecule has 2 aromatic carbocycles. The second-order valence-corrected chi connectivity index (χ2v) is 8.64. The molecule has 3 rings (SSSR count). The van der Waals surface area contributed by atoms with Gasteiger partial charge in [0.2, 0.25) is 10.0 Å². The fraction of sp³-hybridized carbons (Fsp3) is 0.316. The highest BCUT2D eigenvalue weighted by atomic mass is 32.2. The molecule has 1 fully saturated rings. The van der Waals surface area contributed by atoms with Gasteiger partial charge in [-0.3, -0.25) is 4.79 Å². The summed E-state index contributed by atoms with van der Waals surface area (Å²) in [5.74, 6) is -2.21. The molecule has 0 saturated carbocycles. The van der Waals surface area contributed by atoms with Crippen molar-refractivity contribution < 1.29 is 22.0 Å². The minimum absolute atomic E-state index is 0.0370. The van der Waals surface area contributed by atoms with Crippen molar-refractivity contribution >= 4 is 21.6 Å². The van der Waals surface area contributed by atoms with Crippen molar-refractivity contribution in [2.24, 2.45) is 5.92 Å². The Hall–Kier alpha value is -2.32. The Labute approximate surface area is 157 Å². The first-order chi connectivity index (χ1) is 12.8. The van der Waals surface area contributed by atoms with Crippen LogP contribution in [-0.4, -0.2) is 31.7 Å². The van der Waals surface area contributed by atoms with Gasteiger partial charge in [-0.05, 0) is 49.1 Å². The third-order valence-electron chi connectivity index (χ3n) is 4.65. The monoisotopic (exact) mass is 394 g/mol. The number of hydrogen-bond donors (Lipinski definition) is 1. The van der Waals surface area contributed by atoms with Gasteiger partial charge in [0, 0.05) is 30.4 Å². The van der Waals surface area contributed by atoms with E-state index in [-0.39, 0.29) is 16.1 Å². The van der Waals surface area contributed by atoms with Crippen LogP contribution in [0.15, 0.2) is 47.4 Å². The molecule has 144 valence electrons. The number of sulfonamides is 1. The molecule has 1 saturated heterocycles. The number of benzene rings is 2. The Bertz CT molecular complexity index is 955. The third kappa shape index (κ3) is 4.33. The van der Waals surface area contributed by atoms with Crippen molar-refractivity contribution in [3.63, 3.8) is 0 Å². The normalized spacial score (nSPS) is 16.3. The summed E-state index contributed by atoms with van der Waals surface area (Å²) >= 11 is 0. The molecule has 0 unspecified atom stereocenters. The zero-order chi connectivity index (χ0) is 19.6. The fourth-order valence-electron chi connectivity index (χ4n) is 2.95. The van der Waals surface area contributed by atoms with E-state index in [0.29, 0.717) is 19.0 Å². The van der Waals surface area contributed by atoms with Gasteiger partial charge in [0.15, 0.2) is 11.6 Å². The predicted molar refractivity (Wildman–Crippen MR) is 97.9 cm³/mol. The van der Waals surface area contributed by atoms with Gasteiger partial charge in [-0.2, -0.15) is 4.31 Å². The number of amides is 1. The smallest absolute Gasteiger partial charge is 0.255 e. The molecule has 0 spiro atoms. The van der Waals surface area contributed by atoms with E-state index in [9.17, 15) is 22.0 Å². The van der Waals surface area contributed by atoms with E-state index in [2.05, 4.69) is 12.2 Å². The van der Waals surface area contributed by atoms with Gasteiger partial charge < -0.3 is 5.32 Å². The van der Waals surface area contributed by atoms with Crippen LogP contribution in [0.4, 0.5) is 14.5 Å². The number of piperidine rings is 1. The van der Waals surface area contributed by atoms with Gasteiger partial charge in [0.1, 0.15) is 0 Å². The molecule has 1 N–H and O–H groups in total. The summed E-state index contributed by atoms with van der Waals surface area (Å²) < 4.78 is 53.3. The summed E-state index contributed by atoms with van der Waals surface area (Å²) in [6, 6.07) is 8.69. The lowest BCUT2D eigenvalue weighted by molar-refractivity contribution is 0.102. The summed E-state index contributed by atoms with van der Waals surface area (Å²) in [6.07, 6.45) is 1.60. The lowest BCUT2D eigenvalue weighted by Gasteiger charge is -2.29. The molecule has 0 atom stereocenters. The van der Waals surface area contributed by atoms with E-state index in [1.807, 2.05) is 0 Å². The molecule has 1 amide bonds. The maximum absolute atomic E-state index is 13.3. The number of nitrogens with one attached hydrogen (secondary N) is 1. The number of rotatable bonds is 4. The quantitative estimate of drug-likeness (QED) is 0.861. The largest absolute Gasteiger partial charge is 0.322 e. The summed E-state index contributed by atoms with van der Waals surface area (Å²) in [5, 5.41) is 2.44. The minimum Gasteiger partial charge on any atom is -0.322 e. The average molecular weight is 394 g/mol. The van der Waals surface area contributed by atoms with Gasteiger partial charge >= 0.3 is 0 Å². The topological polar surface area (TPSA) is 66.5 Å². The second-order valence-electron chi connectivity index (χ2n) is 6.70. The van der Waals surface area contributed by atoms with Gasteiger partial charge in [-0.1, -0.05) is 13.0 Å². The molecule has 8 heteroatoms. The lowest BCUT2D eigenvalue weighted by Crippen LogP contribution is -2.37. The second kappa shape index (κ2) is 7.74. The maximum atomic E-state index is 13.3. The Kier molecular flexibility index (Phi) is 5.57. The van der Waals surface area contributed by atoms with Gasteiger partial charge in [-0.25, -0.2) is 17.2 Å². The van der Waals surface area contributed by atoms with Crippen LogP contribution in [0.1, 0.15) is 30.1 Å². The molecule has 2 aromatic rings. The molecule has 1 aliphatic rings. The highest BCUT2D eigenvalue weighted by molar-refractivity contribution is 7.89. The molecule has 27 heavy (non-hydrogen) atoms. The first-order valence-corrected chi connectivity index (χ1v) is 10.1. The van der Waals surface area contributed by atoms with Crippen molar-refractivity contribution in [2.45, 2.75) is 24.7 Å². The van der Waals surface area contributed by atoms with Crippen LogP contribution in [0.5, 0.6) is 0 Å². The van der Waals surface area contributed by atoms with E-state index in [1.165, 1.54) is 34.6 Å². The zero-order valence-electron chi connectivity index (χ0n) is 14.8. The van der Waals surface area contributed by atoms with Crippen LogP contribution in [0.2, 0.25) is 0 Å². The van der Waals surface area contributed by atoms with Gasteiger partial charge in [0.05, 0.1) is 4.90 Å². The molecule has 1 heterocycles. The van der Waals surface area contributed by atoms with Crippen LogP contribution >= 0.6 is 0 Å². The molecule has 5 nitrogen and oxygen atoms in total. The van der Waals surface area contributed by atoms with Crippen LogP contribution in [0.25, 0.3) is 0 Å². The van der Waals surface area contributed by atoms with Gasteiger partial charge in [-0.15, -0.1) is 0 Å². The molecule has 0 aromatic heterocycles. The molecule has 1 aliphatic heterocycles. The number of hydrogen-bond acceptors (Lipinski definition) is 3. The predicted octanol–water partition coefficient (Wildman–Crippen LogP) is 3.64. The Balaban J connectivity index is 1.80. The lowest BCUT2D eigenvalue weighted by atomic mass is 10.0. The number of carbonyl (C=O) groups excluding carboxylic acids is 1. The van der Waals surface area contributed by atoms with Crippen molar-refractivity contribution in [1.29, 1.82) is 0 Å². The van der Waals surface area contributed by atoms with E-state index in [1.54, 1.807) is 0 Å². The number of carbonyl (C=O) groups is 1. The molecule has 0 bridgehead atoms.